The average molecular weight is 236 g/mol. The summed E-state index contributed by atoms with van der Waals surface area (Å²) < 4.78 is 26.5. The van der Waals surface area contributed by atoms with Crippen LogP contribution in [0.2, 0.25) is 0 Å². The summed E-state index contributed by atoms with van der Waals surface area (Å²) in [6.07, 6.45) is 0. The van der Waals surface area contributed by atoms with Crippen LogP contribution in [0, 0.1) is 11.8 Å². The summed E-state index contributed by atoms with van der Waals surface area (Å²) >= 11 is 0. The van der Waals surface area contributed by atoms with Gasteiger partial charge in [-0.05, 0) is 5.92 Å². The van der Waals surface area contributed by atoms with Gasteiger partial charge >= 0.3 is 5.97 Å². The number of hydrogen-bond donors (Lipinski definition) is 2. The number of aliphatic carboxylic acids is 1. The molecular weight excluding hydrogens is 220 g/mol. The third-order valence-electron chi connectivity index (χ3n) is 2.64. The minimum absolute atomic E-state index is 0.0732. The summed E-state index contributed by atoms with van der Waals surface area (Å²) in [6, 6.07) is 0. The fourth-order valence-electron chi connectivity index (χ4n) is 1.46. The highest BCUT2D eigenvalue weighted by atomic mass is 32.2. The fraction of sp³-hybridized carbons (Fsp3) is 0.875. The summed E-state index contributed by atoms with van der Waals surface area (Å²) in [6.45, 7) is 4.24. The van der Waals surface area contributed by atoms with Gasteiger partial charge in [-0.1, -0.05) is 13.8 Å². The van der Waals surface area contributed by atoms with E-state index < -0.39 is 22.1 Å². The molecule has 1 aliphatic rings. The van der Waals surface area contributed by atoms with Crippen molar-refractivity contribution in [1.29, 1.82) is 0 Å². The lowest BCUT2D eigenvalue weighted by Gasteiger charge is -2.39. The maximum absolute atomic E-state index is 11.4. The Morgan fingerprint density at radius 3 is 2.53 bits per heavy atom. The van der Waals surface area contributed by atoms with E-state index in [9.17, 15) is 13.2 Å². The maximum atomic E-state index is 11.4. The van der Waals surface area contributed by atoms with Gasteiger partial charge in [0.25, 0.3) is 10.2 Å². The van der Waals surface area contributed by atoms with Gasteiger partial charge in [-0.3, -0.25) is 4.79 Å². The van der Waals surface area contributed by atoms with Crippen LogP contribution in [0.1, 0.15) is 13.8 Å². The Kier molecular flexibility index (Phi) is 3.69. The molecule has 0 radical (unpaired) electrons. The second-order valence-electron chi connectivity index (χ2n) is 3.71. The fourth-order valence-corrected chi connectivity index (χ4v) is 2.78. The van der Waals surface area contributed by atoms with Crippen molar-refractivity contribution in [3.8, 4) is 0 Å². The Hall–Kier alpha value is -0.660. The number of carbonyl (C=O) groups is 1. The van der Waals surface area contributed by atoms with Crippen molar-refractivity contribution in [2.24, 2.45) is 11.8 Å². The van der Waals surface area contributed by atoms with Gasteiger partial charge in [0.2, 0.25) is 0 Å². The molecule has 6 nitrogen and oxygen atoms in total. The molecule has 0 aromatic carbocycles. The molecule has 1 heterocycles. The van der Waals surface area contributed by atoms with E-state index in [2.05, 4.69) is 4.72 Å². The molecule has 1 aliphatic heterocycles. The van der Waals surface area contributed by atoms with Crippen LogP contribution < -0.4 is 4.72 Å². The minimum Gasteiger partial charge on any atom is -0.481 e. The van der Waals surface area contributed by atoms with Crippen LogP contribution in [-0.4, -0.2) is 43.4 Å². The highest BCUT2D eigenvalue weighted by Gasteiger charge is 2.40. The molecule has 7 heteroatoms. The van der Waals surface area contributed by atoms with Gasteiger partial charge < -0.3 is 5.11 Å². The van der Waals surface area contributed by atoms with Crippen LogP contribution in [0.15, 0.2) is 0 Å². The van der Waals surface area contributed by atoms with Gasteiger partial charge in [0.05, 0.1) is 5.92 Å². The largest absolute Gasteiger partial charge is 0.481 e. The SMILES string of the molecule is CCNS(=O)(=O)N1CC(C(C)C(=O)O)C1. The van der Waals surface area contributed by atoms with E-state index >= 15 is 0 Å². The molecule has 0 bridgehead atoms. The summed E-state index contributed by atoms with van der Waals surface area (Å²) in [4.78, 5) is 10.6. The molecule has 88 valence electrons. The molecule has 1 saturated heterocycles. The smallest absolute Gasteiger partial charge is 0.306 e. The molecule has 0 aromatic heterocycles. The van der Waals surface area contributed by atoms with Gasteiger partial charge in [-0.25, -0.2) is 4.72 Å². The second-order valence-corrected chi connectivity index (χ2v) is 5.46. The van der Waals surface area contributed by atoms with Gasteiger partial charge in [0.1, 0.15) is 0 Å². The number of carboxylic acids is 1. The van der Waals surface area contributed by atoms with Crippen LogP contribution in [0.25, 0.3) is 0 Å². The van der Waals surface area contributed by atoms with E-state index in [0.717, 1.165) is 0 Å². The van der Waals surface area contributed by atoms with Crippen molar-refractivity contribution in [3.63, 3.8) is 0 Å². The van der Waals surface area contributed by atoms with E-state index in [4.69, 9.17) is 5.11 Å². The Labute approximate surface area is 89.4 Å². The van der Waals surface area contributed by atoms with Crippen LogP contribution in [0.4, 0.5) is 0 Å². The zero-order valence-corrected chi connectivity index (χ0v) is 9.62. The van der Waals surface area contributed by atoms with Crippen molar-refractivity contribution >= 4 is 16.2 Å². The standard InChI is InChI=1S/C8H16N2O4S/c1-3-9-15(13,14)10-4-7(5-10)6(2)8(11)12/h6-7,9H,3-5H2,1-2H3,(H,11,12). The molecule has 0 saturated carbocycles. The Bertz CT molecular complexity index is 335. The maximum Gasteiger partial charge on any atom is 0.306 e. The van der Waals surface area contributed by atoms with E-state index in [0.29, 0.717) is 19.6 Å². The molecule has 0 amide bonds. The highest BCUT2D eigenvalue weighted by molar-refractivity contribution is 7.87. The monoisotopic (exact) mass is 236 g/mol. The van der Waals surface area contributed by atoms with Gasteiger partial charge in [0, 0.05) is 19.6 Å². The van der Waals surface area contributed by atoms with Crippen LogP contribution >= 0.6 is 0 Å². The van der Waals surface area contributed by atoms with Gasteiger partial charge in [-0.15, -0.1) is 0 Å². The predicted molar refractivity (Wildman–Crippen MR) is 54.5 cm³/mol. The number of carboxylic acid groups (broad SMARTS) is 1. The van der Waals surface area contributed by atoms with Gasteiger partial charge in [0.15, 0.2) is 0 Å². The zero-order valence-electron chi connectivity index (χ0n) is 8.80. The Morgan fingerprint density at radius 2 is 2.13 bits per heavy atom. The highest BCUT2D eigenvalue weighted by Crippen LogP contribution is 2.25. The summed E-state index contributed by atoms with van der Waals surface area (Å²) in [5, 5.41) is 8.73. The summed E-state index contributed by atoms with van der Waals surface area (Å²) in [5.41, 5.74) is 0. The quantitative estimate of drug-likeness (QED) is 0.673. The first-order valence-electron chi connectivity index (χ1n) is 4.86. The number of nitrogens with zero attached hydrogens (tertiary/aromatic N) is 1. The molecule has 0 aromatic rings. The van der Waals surface area contributed by atoms with E-state index in [1.807, 2.05) is 0 Å². The molecule has 1 rings (SSSR count). The lowest BCUT2D eigenvalue weighted by molar-refractivity contribution is -0.144. The van der Waals surface area contributed by atoms with Crippen molar-refractivity contribution in [3.05, 3.63) is 0 Å². The Morgan fingerprint density at radius 1 is 1.60 bits per heavy atom. The summed E-state index contributed by atoms with van der Waals surface area (Å²) in [5.74, 6) is -1.44. The second kappa shape index (κ2) is 4.46. The number of nitrogens with one attached hydrogen (secondary N) is 1. The molecule has 0 aliphatic carbocycles. The van der Waals surface area contributed by atoms with Gasteiger partial charge in [-0.2, -0.15) is 12.7 Å². The first-order valence-corrected chi connectivity index (χ1v) is 6.30. The van der Waals surface area contributed by atoms with Crippen molar-refractivity contribution in [1.82, 2.24) is 9.03 Å². The zero-order chi connectivity index (χ0) is 11.6. The molecule has 1 atom stereocenters. The Balaban J connectivity index is 2.47. The van der Waals surface area contributed by atoms with Crippen molar-refractivity contribution in [2.45, 2.75) is 13.8 Å². The average Bonchev–Trinajstić information content (AvgIpc) is 1.99. The van der Waals surface area contributed by atoms with Crippen LogP contribution in [-0.2, 0) is 15.0 Å². The van der Waals surface area contributed by atoms with Crippen molar-refractivity contribution < 1.29 is 18.3 Å². The molecule has 0 spiro atoms. The number of rotatable bonds is 5. The van der Waals surface area contributed by atoms with Crippen molar-refractivity contribution in [2.75, 3.05) is 19.6 Å². The topological polar surface area (TPSA) is 86.7 Å². The summed E-state index contributed by atoms with van der Waals surface area (Å²) in [7, 11) is -3.38. The lowest BCUT2D eigenvalue weighted by Crippen LogP contribution is -2.56. The van der Waals surface area contributed by atoms with E-state index in [-0.39, 0.29) is 5.92 Å². The third-order valence-corrected chi connectivity index (χ3v) is 4.27. The first-order chi connectivity index (χ1) is 6.88. The third kappa shape index (κ3) is 2.67. The molecule has 2 N–H and O–H groups in total. The first kappa shape index (κ1) is 12.4. The molecule has 15 heavy (non-hydrogen) atoms. The lowest BCUT2D eigenvalue weighted by atomic mass is 9.89. The molecular formula is C8H16N2O4S. The molecule has 1 unspecified atom stereocenters. The minimum atomic E-state index is -3.38. The predicted octanol–water partition coefficient (Wildman–Crippen LogP) is -0.507. The van der Waals surface area contributed by atoms with Crippen LogP contribution in [0.5, 0.6) is 0 Å². The number of hydrogen-bond acceptors (Lipinski definition) is 3. The molecule has 1 fully saturated rings. The normalized spacial score (nSPS) is 20.9. The van der Waals surface area contributed by atoms with E-state index in [1.165, 1.54) is 4.31 Å². The van der Waals surface area contributed by atoms with E-state index in [1.54, 1.807) is 13.8 Å². The van der Waals surface area contributed by atoms with Crippen LogP contribution in [0.3, 0.4) is 0 Å².